The van der Waals surface area contributed by atoms with Crippen LogP contribution in [0.1, 0.15) is 27.6 Å². The van der Waals surface area contributed by atoms with Crippen LogP contribution in [-0.2, 0) is 9.47 Å². The lowest BCUT2D eigenvalue weighted by atomic mass is 9.89. The minimum Gasteiger partial charge on any atom is -0.493 e. The number of nitrogens with zero attached hydrogens (tertiary/aromatic N) is 1. The lowest BCUT2D eigenvalue weighted by molar-refractivity contribution is 0.0556. The van der Waals surface area contributed by atoms with Crippen LogP contribution in [0.3, 0.4) is 0 Å². The van der Waals surface area contributed by atoms with Crippen LogP contribution in [0.15, 0.2) is 36.7 Å². The molecular formula is C22H20ClNO6. The summed E-state index contributed by atoms with van der Waals surface area (Å²) in [6.45, 7) is 2.25. The second-order valence-electron chi connectivity index (χ2n) is 6.14. The van der Waals surface area contributed by atoms with Crippen molar-refractivity contribution in [1.82, 2.24) is 4.98 Å². The molecule has 1 heterocycles. The number of aromatic nitrogens is 1. The Hall–Kier alpha value is -3.32. The third kappa shape index (κ3) is 3.64. The molecule has 0 aliphatic heterocycles. The van der Waals surface area contributed by atoms with E-state index < -0.39 is 11.9 Å². The van der Waals surface area contributed by atoms with Crippen molar-refractivity contribution in [1.29, 1.82) is 0 Å². The number of rotatable bonds is 6. The quantitative estimate of drug-likeness (QED) is 0.532. The summed E-state index contributed by atoms with van der Waals surface area (Å²) in [5.41, 5.74) is 1.01. The molecule has 0 aliphatic rings. The first-order valence-corrected chi connectivity index (χ1v) is 9.43. The van der Waals surface area contributed by atoms with Gasteiger partial charge in [0.1, 0.15) is 0 Å². The van der Waals surface area contributed by atoms with Gasteiger partial charge in [-0.05, 0) is 42.1 Å². The number of fused-ring (bicyclic) bond motifs is 1. The van der Waals surface area contributed by atoms with Crippen molar-refractivity contribution in [3.8, 4) is 22.6 Å². The van der Waals surface area contributed by atoms with E-state index >= 15 is 0 Å². The molecule has 7 nitrogen and oxygen atoms in total. The normalized spacial score (nSPS) is 10.6. The van der Waals surface area contributed by atoms with Crippen molar-refractivity contribution in [3.63, 3.8) is 0 Å². The number of carbonyl (C=O) groups excluding carboxylic acids is 2. The Kier molecular flexibility index (Phi) is 6.42. The second kappa shape index (κ2) is 9.00. The molecule has 0 fully saturated rings. The molecule has 0 aliphatic carbocycles. The van der Waals surface area contributed by atoms with Gasteiger partial charge in [-0.3, -0.25) is 4.98 Å². The third-order valence-electron chi connectivity index (χ3n) is 4.58. The summed E-state index contributed by atoms with van der Waals surface area (Å²) < 4.78 is 21.0. The summed E-state index contributed by atoms with van der Waals surface area (Å²) in [6.07, 6.45) is 3.17. The summed E-state index contributed by atoms with van der Waals surface area (Å²) in [5, 5.41) is 1.14. The van der Waals surface area contributed by atoms with Crippen LogP contribution in [0.2, 0.25) is 5.02 Å². The topological polar surface area (TPSA) is 84.0 Å². The molecule has 3 rings (SSSR count). The summed E-state index contributed by atoms with van der Waals surface area (Å²) in [5.74, 6) is -0.570. The van der Waals surface area contributed by atoms with E-state index in [1.54, 1.807) is 36.7 Å². The molecule has 0 saturated heterocycles. The molecule has 0 radical (unpaired) electrons. The summed E-state index contributed by atoms with van der Waals surface area (Å²) in [4.78, 5) is 29.5. The average Bonchev–Trinajstić information content (AvgIpc) is 2.78. The van der Waals surface area contributed by atoms with Crippen molar-refractivity contribution >= 4 is 34.3 Å². The van der Waals surface area contributed by atoms with Gasteiger partial charge in [0.25, 0.3) is 0 Å². The Balaban J connectivity index is 2.59. The third-order valence-corrected chi connectivity index (χ3v) is 4.97. The zero-order valence-electron chi connectivity index (χ0n) is 16.9. The largest absolute Gasteiger partial charge is 0.493 e. The lowest BCUT2D eigenvalue weighted by Gasteiger charge is -2.19. The fourth-order valence-electron chi connectivity index (χ4n) is 3.30. The number of ether oxygens (including phenoxy) is 4. The maximum Gasteiger partial charge on any atom is 0.340 e. The summed E-state index contributed by atoms with van der Waals surface area (Å²) >= 11 is 6.62. The zero-order chi connectivity index (χ0) is 21.8. The van der Waals surface area contributed by atoms with Crippen molar-refractivity contribution in [3.05, 3.63) is 52.8 Å². The fourth-order valence-corrected chi connectivity index (χ4v) is 3.63. The van der Waals surface area contributed by atoms with Gasteiger partial charge in [0, 0.05) is 23.3 Å². The van der Waals surface area contributed by atoms with Crippen LogP contribution < -0.4 is 9.47 Å². The first-order valence-electron chi connectivity index (χ1n) is 9.05. The molecule has 8 heteroatoms. The van der Waals surface area contributed by atoms with Crippen molar-refractivity contribution in [2.75, 3.05) is 27.9 Å². The second-order valence-corrected chi connectivity index (χ2v) is 6.52. The molecule has 1 aromatic heterocycles. The summed E-state index contributed by atoms with van der Waals surface area (Å²) in [6, 6.07) is 6.84. The van der Waals surface area contributed by atoms with Gasteiger partial charge in [0.15, 0.2) is 11.5 Å². The highest BCUT2D eigenvalue weighted by atomic mass is 35.5. The first kappa shape index (κ1) is 21.4. The summed E-state index contributed by atoms with van der Waals surface area (Å²) in [7, 11) is 3.96. The van der Waals surface area contributed by atoms with Gasteiger partial charge in [-0.25, -0.2) is 9.59 Å². The molecule has 156 valence electrons. The van der Waals surface area contributed by atoms with E-state index in [1.807, 2.05) is 6.92 Å². The van der Waals surface area contributed by atoms with Crippen LogP contribution in [0.5, 0.6) is 11.5 Å². The SMILES string of the molecule is CCOc1cc2c(-c3ccncc3)c(C(=O)OC)c(C(=O)OC)c(Cl)c2cc1OC. The Bertz CT molecular complexity index is 1110. The molecule has 2 aromatic carbocycles. The standard InChI is InChI=1S/C22H20ClNO6/c1-5-30-16-10-13-14(11-15(16)27-2)20(23)19(22(26)29-4)18(21(25)28-3)17(13)12-6-8-24-9-7-12/h6-11H,5H2,1-4H3. The van der Waals surface area contributed by atoms with E-state index in [0.717, 1.165) is 0 Å². The number of methoxy groups -OCH3 is 3. The maximum absolute atomic E-state index is 12.8. The molecule has 0 atom stereocenters. The van der Waals surface area contributed by atoms with Crippen LogP contribution in [0.25, 0.3) is 21.9 Å². The Morgan fingerprint density at radius 2 is 1.53 bits per heavy atom. The van der Waals surface area contributed by atoms with E-state index in [1.165, 1.54) is 21.3 Å². The number of esters is 2. The van der Waals surface area contributed by atoms with Gasteiger partial charge in [-0.15, -0.1) is 0 Å². The Morgan fingerprint density at radius 3 is 2.10 bits per heavy atom. The number of carbonyl (C=O) groups is 2. The number of hydrogen-bond donors (Lipinski definition) is 0. The highest BCUT2D eigenvalue weighted by Gasteiger charge is 2.30. The van der Waals surface area contributed by atoms with Crippen molar-refractivity contribution in [2.45, 2.75) is 6.92 Å². The molecule has 30 heavy (non-hydrogen) atoms. The van der Waals surface area contributed by atoms with E-state index in [4.69, 9.17) is 30.5 Å². The molecule has 0 bridgehead atoms. The smallest absolute Gasteiger partial charge is 0.340 e. The van der Waals surface area contributed by atoms with E-state index in [0.29, 0.717) is 40.0 Å². The highest BCUT2D eigenvalue weighted by molar-refractivity contribution is 6.40. The van der Waals surface area contributed by atoms with Gasteiger partial charge < -0.3 is 18.9 Å². The van der Waals surface area contributed by atoms with E-state index in [2.05, 4.69) is 4.98 Å². The Morgan fingerprint density at radius 1 is 0.933 bits per heavy atom. The number of benzene rings is 2. The van der Waals surface area contributed by atoms with Gasteiger partial charge >= 0.3 is 11.9 Å². The van der Waals surface area contributed by atoms with E-state index in [-0.39, 0.29) is 16.1 Å². The predicted molar refractivity (Wildman–Crippen MR) is 113 cm³/mol. The van der Waals surface area contributed by atoms with Gasteiger partial charge in [-0.1, -0.05) is 11.6 Å². The molecule has 0 N–H and O–H groups in total. The minimum absolute atomic E-state index is 0.000616. The first-order chi connectivity index (χ1) is 14.5. The number of halogens is 1. The van der Waals surface area contributed by atoms with Crippen LogP contribution in [-0.4, -0.2) is 44.9 Å². The maximum atomic E-state index is 12.8. The van der Waals surface area contributed by atoms with Crippen LogP contribution in [0.4, 0.5) is 0 Å². The molecule has 3 aromatic rings. The molecule has 0 amide bonds. The molecule has 0 unspecified atom stereocenters. The van der Waals surface area contributed by atoms with Crippen molar-refractivity contribution < 1.29 is 28.5 Å². The number of pyridine rings is 1. The van der Waals surface area contributed by atoms with Gasteiger partial charge in [0.2, 0.25) is 0 Å². The average molecular weight is 430 g/mol. The van der Waals surface area contributed by atoms with Crippen LogP contribution >= 0.6 is 11.6 Å². The monoisotopic (exact) mass is 429 g/mol. The van der Waals surface area contributed by atoms with Crippen molar-refractivity contribution in [2.24, 2.45) is 0 Å². The molecular weight excluding hydrogens is 410 g/mol. The van der Waals surface area contributed by atoms with E-state index in [9.17, 15) is 9.59 Å². The Labute approximate surface area is 178 Å². The number of hydrogen-bond acceptors (Lipinski definition) is 7. The minimum atomic E-state index is -0.759. The molecule has 0 spiro atoms. The zero-order valence-corrected chi connectivity index (χ0v) is 17.7. The van der Waals surface area contributed by atoms with Gasteiger partial charge in [0.05, 0.1) is 44.1 Å². The lowest BCUT2D eigenvalue weighted by Crippen LogP contribution is -2.15. The predicted octanol–water partition coefficient (Wildman–Crippen LogP) is 4.54. The van der Waals surface area contributed by atoms with Crippen LogP contribution in [0, 0.1) is 0 Å². The van der Waals surface area contributed by atoms with Gasteiger partial charge in [-0.2, -0.15) is 0 Å². The fraction of sp³-hybridized carbons (Fsp3) is 0.227. The molecule has 0 saturated carbocycles. The highest BCUT2D eigenvalue weighted by Crippen LogP contribution is 2.44.